The van der Waals surface area contributed by atoms with Crippen LogP contribution in [0.4, 0.5) is 5.69 Å². The van der Waals surface area contributed by atoms with Gasteiger partial charge in [0.15, 0.2) is 15.7 Å². The lowest BCUT2D eigenvalue weighted by Gasteiger charge is -2.17. The summed E-state index contributed by atoms with van der Waals surface area (Å²) in [7, 11) is -3.80. The van der Waals surface area contributed by atoms with E-state index in [1.165, 1.54) is 18.3 Å². The molecule has 3 N–H and O–H groups in total. The first-order chi connectivity index (χ1) is 19.1. The quantitative estimate of drug-likeness (QED) is 0.183. The van der Waals surface area contributed by atoms with Crippen LogP contribution in [0.5, 0.6) is 5.88 Å². The van der Waals surface area contributed by atoms with Crippen LogP contribution in [-0.4, -0.2) is 61.7 Å². The molecule has 11 heteroatoms. The number of aromatic amines is 1. The molecule has 1 heterocycles. The fourth-order valence-electron chi connectivity index (χ4n) is 4.25. The van der Waals surface area contributed by atoms with Gasteiger partial charge in [-0.3, -0.25) is 9.79 Å². The normalized spacial score (nSPS) is 12.0. The van der Waals surface area contributed by atoms with Crippen molar-refractivity contribution in [3.05, 3.63) is 87.4 Å². The van der Waals surface area contributed by atoms with E-state index in [0.29, 0.717) is 39.8 Å². The number of aromatic hydroxyl groups is 1. The summed E-state index contributed by atoms with van der Waals surface area (Å²) >= 11 is 12.4. The largest absolute Gasteiger partial charge is 0.494 e. The number of hydrogen-bond acceptors (Lipinski definition) is 6. The second kappa shape index (κ2) is 12.9. The molecule has 0 saturated heterocycles. The highest BCUT2D eigenvalue weighted by molar-refractivity contribution is 7.90. The minimum atomic E-state index is -3.80. The van der Waals surface area contributed by atoms with Gasteiger partial charge in [-0.25, -0.2) is 8.42 Å². The van der Waals surface area contributed by atoms with E-state index in [4.69, 9.17) is 23.2 Å². The van der Waals surface area contributed by atoms with Crippen molar-refractivity contribution >= 4 is 61.8 Å². The average Bonchev–Trinajstić information content (AvgIpc) is 3.26. The van der Waals surface area contributed by atoms with Crippen LogP contribution in [0.1, 0.15) is 35.3 Å². The van der Waals surface area contributed by atoms with Crippen LogP contribution < -0.4 is 5.32 Å². The van der Waals surface area contributed by atoms with Gasteiger partial charge in [0.2, 0.25) is 0 Å². The number of likely N-dealkylation sites (N-methyl/N-ethyl adjacent to an activating group) is 1. The van der Waals surface area contributed by atoms with E-state index in [2.05, 4.69) is 34.0 Å². The predicted molar refractivity (Wildman–Crippen MR) is 161 cm³/mol. The van der Waals surface area contributed by atoms with Gasteiger partial charge in [-0.2, -0.15) is 0 Å². The molecule has 8 nitrogen and oxygen atoms in total. The zero-order chi connectivity index (χ0) is 28.9. The Hall–Kier alpha value is -3.37. The number of carbonyl (C=O) groups excluding carboxylic acids is 1. The number of H-pyrrole nitrogens is 1. The van der Waals surface area contributed by atoms with Crippen LogP contribution in [0.3, 0.4) is 0 Å². The van der Waals surface area contributed by atoms with Crippen molar-refractivity contribution in [2.45, 2.75) is 24.5 Å². The summed E-state index contributed by atoms with van der Waals surface area (Å²) < 4.78 is 26.4. The molecular formula is C29H30Cl2N4O4S. The first-order valence-electron chi connectivity index (χ1n) is 12.8. The van der Waals surface area contributed by atoms with Gasteiger partial charge in [-0.05, 0) is 67.7 Å². The first kappa shape index (κ1) is 29.6. The van der Waals surface area contributed by atoms with E-state index in [1.54, 1.807) is 48.5 Å². The number of nitrogens with one attached hydrogen (secondary N) is 2. The van der Waals surface area contributed by atoms with E-state index >= 15 is 0 Å². The fraction of sp³-hybridized carbons (Fsp3) is 0.241. The van der Waals surface area contributed by atoms with Gasteiger partial charge in [0.05, 0.1) is 21.9 Å². The Morgan fingerprint density at radius 2 is 1.73 bits per heavy atom. The van der Waals surface area contributed by atoms with Crippen molar-refractivity contribution in [2.75, 3.05) is 26.2 Å². The van der Waals surface area contributed by atoms with Crippen molar-refractivity contribution in [1.82, 2.24) is 15.2 Å². The third kappa shape index (κ3) is 6.85. The molecule has 4 aromatic rings. The Labute approximate surface area is 243 Å². The summed E-state index contributed by atoms with van der Waals surface area (Å²) in [5.74, 6) is -0.679. The maximum absolute atomic E-state index is 13.2. The van der Waals surface area contributed by atoms with Gasteiger partial charge < -0.3 is 20.3 Å². The SMILES string of the molecule is CCN(CC)CCNC(=O)c1ccc(N=Cc2c(O)[nH]c3ccc(S(=O)(=O)Cc4c(Cl)cccc4Cl)cc23)cc1. The standard InChI is InChI=1S/C29H30Cl2N4O4S/c1-3-35(4-2)15-14-32-28(36)19-8-10-20(11-9-19)33-17-23-22-16-21(12-13-27(22)34-29(23)37)40(38,39)18-24-25(30)6-5-7-26(24)31/h5-13,16-17,34,37H,3-4,14-15,18H2,1-2H3,(H,32,36). The topological polar surface area (TPSA) is 115 Å². The van der Waals surface area contributed by atoms with Crippen LogP contribution in [0.15, 0.2) is 70.6 Å². The third-order valence-corrected chi connectivity index (χ3v) is 8.97. The van der Waals surface area contributed by atoms with E-state index in [-0.39, 0.29) is 32.5 Å². The molecule has 0 unspecified atom stereocenters. The molecule has 1 aromatic heterocycles. The smallest absolute Gasteiger partial charge is 0.251 e. The Morgan fingerprint density at radius 1 is 1.05 bits per heavy atom. The van der Waals surface area contributed by atoms with Gasteiger partial charge >= 0.3 is 0 Å². The summed E-state index contributed by atoms with van der Waals surface area (Å²) in [6.45, 7) is 7.37. The molecule has 210 valence electrons. The van der Waals surface area contributed by atoms with E-state index < -0.39 is 9.84 Å². The summed E-state index contributed by atoms with van der Waals surface area (Å²) in [6, 6.07) is 16.1. The number of aliphatic imine (C=N–C) groups is 1. The first-order valence-corrected chi connectivity index (χ1v) is 15.2. The maximum Gasteiger partial charge on any atom is 0.251 e. The Morgan fingerprint density at radius 3 is 2.38 bits per heavy atom. The zero-order valence-corrected chi connectivity index (χ0v) is 24.4. The molecule has 0 atom stereocenters. The van der Waals surface area contributed by atoms with E-state index in [9.17, 15) is 18.3 Å². The number of hydrogen-bond donors (Lipinski definition) is 3. The molecule has 1 amide bonds. The van der Waals surface area contributed by atoms with Gasteiger partial charge in [0, 0.05) is 51.4 Å². The van der Waals surface area contributed by atoms with E-state index in [0.717, 1.165) is 19.6 Å². The van der Waals surface area contributed by atoms with Gasteiger partial charge in [-0.15, -0.1) is 0 Å². The molecule has 0 radical (unpaired) electrons. The number of sulfone groups is 1. The van der Waals surface area contributed by atoms with Crippen LogP contribution in [-0.2, 0) is 15.6 Å². The lowest BCUT2D eigenvalue weighted by Crippen LogP contribution is -2.34. The molecule has 0 spiro atoms. The molecule has 4 rings (SSSR count). The molecule has 0 bridgehead atoms. The molecule has 0 saturated carbocycles. The monoisotopic (exact) mass is 600 g/mol. The van der Waals surface area contributed by atoms with Crippen LogP contribution in [0.2, 0.25) is 10.0 Å². The number of carbonyl (C=O) groups is 1. The summed E-state index contributed by atoms with van der Waals surface area (Å²) in [5.41, 5.74) is 2.28. The Bertz CT molecular complexity index is 1630. The molecular weight excluding hydrogens is 571 g/mol. The number of amides is 1. The highest BCUT2D eigenvalue weighted by Crippen LogP contribution is 2.32. The number of rotatable bonds is 11. The van der Waals surface area contributed by atoms with Crippen molar-refractivity contribution in [1.29, 1.82) is 0 Å². The molecule has 0 aliphatic rings. The van der Waals surface area contributed by atoms with Crippen molar-refractivity contribution in [2.24, 2.45) is 4.99 Å². The minimum absolute atomic E-state index is 0.0565. The fourth-order valence-corrected chi connectivity index (χ4v) is 6.37. The summed E-state index contributed by atoms with van der Waals surface area (Å²) in [4.78, 5) is 22.0. The predicted octanol–water partition coefficient (Wildman–Crippen LogP) is 5.98. The summed E-state index contributed by atoms with van der Waals surface area (Å²) in [5, 5.41) is 14.4. The second-order valence-corrected chi connectivity index (χ2v) is 11.9. The minimum Gasteiger partial charge on any atom is -0.494 e. The summed E-state index contributed by atoms with van der Waals surface area (Å²) in [6.07, 6.45) is 1.45. The highest BCUT2D eigenvalue weighted by atomic mass is 35.5. The zero-order valence-electron chi connectivity index (χ0n) is 22.1. The number of fused-ring (bicyclic) bond motifs is 1. The maximum atomic E-state index is 13.2. The van der Waals surface area contributed by atoms with Crippen LogP contribution in [0, 0.1) is 0 Å². The number of nitrogens with zero attached hydrogens (tertiary/aromatic N) is 2. The number of halogens is 2. The number of benzene rings is 3. The number of aromatic nitrogens is 1. The van der Waals surface area contributed by atoms with Crippen LogP contribution in [0.25, 0.3) is 10.9 Å². The van der Waals surface area contributed by atoms with Gasteiger partial charge in [0.1, 0.15) is 0 Å². The average molecular weight is 602 g/mol. The second-order valence-electron chi connectivity index (χ2n) is 9.14. The molecule has 0 aliphatic heterocycles. The van der Waals surface area contributed by atoms with Crippen molar-refractivity contribution in [3.8, 4) is 5.88 Å². The third-order valence-electron chi connectivity index (χ3n) is 6.62. The van der Waals surface area contributed by atoms with Crippen LogP contribution >= 0.6 is 23.2 Å². The van der Waals surface area contributed by atoms with Gasteiger partial charge in [0.25, 0.3) is 5.91 Å². The van der Waals surface area contributed by atoms with Gasteiger partial charge in [-0.1, -0.05) is 43.1 Å². The molecule has 0 aliphatic carbocycles. The van der Waals surface area contributed by atoms with Crippen molar-refractivity contribution in [3.63, 3.8) is 0 Å². The molecule has 0 fully saturated rings. The molecule has 3 aromatic carbocycles. The molecule has 40 heavy (non-hydrogen) atoms. The lowest BCUT2D eigenvalue weighted by molar-refractivity contribution is 0.0949. The van der Waals surface area contributed by atoms with Crippen molar-refractivity contribution < 1.29 is 18.3 Å². The highest BCUT2D eigenvalue weighted by Gasteiger charge is 2.21. The Balaban J connectivity index is 1.52. The lowest BCUT2D eigenvalue weighted by atomic mass is 10.1. The Kier molecular flexibility index (Phi) is 9.52. The van der Waals surface area contributed by atoms with E-state index in [1.807, 2.05) is 0 Å².